The molecule has 0 spiro atoms. The number of amides is 1. The molecule has 1 aliphatic heterocycles. The van der Waals surface area contributed by atoms with Crippen molar-refractivity contribution in [2.75, 3.05) is 25.0 Å². The van der Waals surface area contributed by atoms with Crippen LogP contribution in [0.25, 0.3) is 0 Å². The number of imidazole rings is 1. The summed E-state index contributed by atoms with van der Waals surface area (Å²) < 4.78 is 34.6. The van der Waals surface area contributed by atoms with Gasteiger partial charge in [-0.15, -0.1) is 0 Å². The van der Waals surface area contributed by atoms with Crippen molar-refractivity contribution in [2.45, 2.75) is 44.7 Å². The molecule has 8 nitrogen and oxygen atoms in total. The Hall–Kier alpha value is -2.39. The lowest BCUT2D eigenvalue weighted by Crippen LogP contribution is -2.43. The molecule has 1 fully saturated rings. The number of nitrogens with one attached hydrogen (secondary N) is 1. The van der Waals surface area contributed by atoms with Crippen LogP contribution >= 0.6 is 0 Å². The Morgan fingerprint density at radius 1 is 1.34 bits per heavy atom. The van der Waals surface area contributed by atoms with Gasteiger partial charge in [0, 0.05) is 25.3 Å². The minimum absolute atomic E-state index is 0.0222. The van der Waals surface area contributed by atoms with Gasteiger partial charge in [-0.05, 0) is 45.7 Å². The largest absolute Gasteiger partial charge is 0.492 e. The molecular formula is C20H28N4O4S. The molecule has 1 atom stereocenters. The number of sulfonamides is 1. The van der Waals surface area contributed by atoms with Crippen molar-refractivity contribution < 1.29 is 17.9 Å². The van der Waals surface area contributed by atoms with Crippen molar-refractivity contribution in [3.63, 3.8) is 0 Å². The van der Waals surface area contributed by atoms with E-state index in [1.807, 2.05) is 32.9 Å². The average molecular weight is 421 g/mol. The summed E-state index contributed by atoms with van der Waals surface area (Å²) in [5, 5.41) is 2.91. The second-order valence-corrected chi connectivity index (χ2v) is 9.26. The zero-order valence-corrected chi connectivity index (χ0v) is 17.9. The number of carbonyl (C=O) groups excluding carboxylic acids is 1. The van der Waals surface area contributed by atoms with Crippen molar-refractivity contribution in [1.82, 2.24) is 13.9 Å². The lowest BCUT2D eigenvalue weighted by Gasteiger charge is -2.30. The number of aromatic nitrogens is 2. The van der Waals surface area contributed by atoms with Crippen LogP contribution in [0.2, 0.25) is 0 Å². The molecule has 1 aliphatic rings. The van der Waals surface area contributed by atoms with Gasteiger partial charge in [-0.1, -0.05) is 12.1 Å². The number of rotatable bonds is 7. The molecule has 1 aromatic heterocycles. The van der Waals surface area contributed by atoms with Gasteiger partial charge in [-0.2, -0.15) is 4.31 Å². The van der Waals surface area contributed by atoms with Crippen molar-refractivity contribution in [2.24, 2.45) is 5.92 Å². The third kappa shape index (κ3) is 4.79. The Labute approximate surface area is 171 Å². The predicted molar refractivity (Wildman–Crippen MR) is 110 cm³/mol. The molecule has 1 N–H and O–H groups in total. The van der Waals surface area contributed by atoms with Crippen LogP contribution in [0, 0.1) is 5.92 Å². The summed E-state index contributed by atoms with van der Waals surface area (Å²) in [4.78, 5) is 16.9. The van der Waals surface area contributed by atoms with Crippen molar-refractivity contribution >= 4 is 21.6 Å². The third-order valence-electron chi connectivity index (χ3n) is 4.98. The summed E-state index contributed by atoms with van der Waals surface area (Å²) >= 11 is 0. The van der Waals surface area contributed by atoms with Crippen LogP contribution in [0.5, 0.6) is 5.75 Å². The monoisotopic (exact) mass is 420 g/mol. The van der Waals surface area contributed by atoms with E-state index in [0.29, 0.717) is 37.4 Å². The maximum atomic E-state index is 13.0. The van der Waals surface area contributed by atoms with E-state index in [2.05, 4.69) is 10.3 Å². The Bertz CT molecular complexity index is 955. The van der Waals surface area contributed by atoms with Crippen LogP contribution in [0.1, 0.15) is 39.7 Å². The summed E-state index contributed by atoms with van der Waals surface area (Å²) in [5.74, 6) is -0.0342. The Morgan fingerprint density at radius 3 is 2.79 bits per heavy atom. The van der Waals surface area contributed by atoms with Gasteiger partial charge in [0.2, 0.25) is 5.91 Å². The topological polar surface area (TPSA) is 93.5 Å². The highest BCUT2D eigenvalue weighted by Crippen LogP contribution is 2.27. The fourth-order valence-electron chi connectivity index (χ4n) is 3.33. The first kappa shape index (κ1) is 21.3. The molecule has 1 saturated heterocycles. The Morgan fingerprint density at radius 2 is 2.10 bits per heavy atom. The van der Waals surface area contributed by atoms with Gasteiger partial charge < -0.3 is 14.6 Å². The number of nitrogens with zero attached hydrogens (tertiary/aromatic N) is 3. The molecule has 0 bridgehead atoms. The van der Waals surface area contributed by atoms with Gasteiger partial charge in [0.15, 0.2) is 5.03 Å². The molecular weight excluding hydrogens is 392 g/mol. The van der Waals surface area contributed by atoms with Crippen LogP contribution < -0.4 is 10.1 Å². The molecule has 0 aliphatic carbocycles. The van der Waals surface area contributed by atoms with E-state index < -0.39 is 15.9 Å². The van der Waals surface area contributed by atoms with Gasteiger partial charge in [0.25, 0.3) is 10.0 Å². The van der Waals surface area contributed by atoms with Crippen LogP contribution in [0.4, 0.5) is 5.69 Å². The van der Waals surface area contributed by atoms with Crippen LogP contribution in [0.15, 0.2) is 41.8 Å². The van der Waals surface area contributed by atoms with Gasteiger partial charge in [-0.25, -0.2) is 13.4 Å². The predicted octanol–water partition coefficient (Wildman–Crippen LogP) is 2.90. The molecule has 9 heteroatoms. The number of ether oxygens (including phenoxy) is 1. The summed E-state index contributed by atoms with van der Waals surface area (Å²) in [5.41, 5.74) is 0.593. The van der Waals surface area contributed by atoms with E-state index in [9.17, 15) is 13.2 Å². The maximum Gasteiger partial charge on any atom is 0.262 e. The number of piperidine rings is 1. The molecule has 0 radical (unpaired) electrons. The van der Waals surface area contributed by atoms with E-state index in [1.165, 1.54) is 10.6 Å². The summed E-state index contributed by atoms with van der Waals surface area (Å²) in [6.45, 7) is 6.81. The van der Waals surface area contributed by atoms with Crippen LogP contribution in [-0.4, -0.2) is 47.9 Å². The normalized spacial score (nSPS) is 18.0. The van der Waals surface area contributed by atoms with E-state index in [0.717, 1.165) is 0 Å². The molecule has 1 unspecified atom stereocenters. The molecule has 2 heterocycles. The molecule has 158 valence electrons. The van der Waals surface area contributed by atoms with Gasteiger partial charge >= 0.3 is 0 Å². The average Bonchev–Trinajstić information content (AvgIpc) is 3.21. The number of anilines is 1. The quantitative estimate of drug-likeness (QED) is 0.743. The number of carbonyl (C=O) groups is 1. The zero-order chi connectivity index (χ0) is 21.0. The smallest absolute Gasteiger partial charge is 0.262 e. The van der Waals surface area contributed by atoms with Gasteiger partial charge in [0.05, 0.1) is 24.5 Å². The van der Waals surface area contributed by atoms with E-state index >= 15 is 0 Å². The van der Waals surface area contributed by atoms with E-state index in [4.69, 9.17) is 4.74 Å². The number of hydrogen-bond donors (Lipinski definition) is 1. The lowest BCUT2D eigenvalue weighted by molar-refractivity contribution is -0.120. The summed E-state index contributed by atoms with van der Waals surface area (Å²) in [6.07, 6.45) is 4.32. The van der Waals surface area contributed by atoms with Crippen molar-refractivity contribution in [1.29, 1.82) is 0 Å². The zero-order valence-electron chi connectivity index (χ0n) is 17.0. The minimum atomic E-state index is -3.73. The molecule has 29 heavy (non-hydrogen) atoms. The second-order valence-electron chi connectivity index (χ2n) is 7.37. The molecule has 1 aromatic carbocycles. The first-order valence-electron chi connectivity index (χ1n) is 9.89. The molecule has 2 aromatic rings. The van der Waals surface area contributed by atoms with Gasteiger partial charge in [-0.3, -0.25) is 4.79 Å². The van der Waals surface area contributed by atoms with E-state index in [-0.39, 0.29) is 23.5 Å². The highest BCUT2D eigenvalue weighted by molar-refractivity contribution is 7.89. The summed E-state index contributed by atoms with van der Waals surface area (Å²) in [6, 6.07) is 7.35. The number of hydrogen-bond acceptors (Lipinski definition) is 5. The Kier molecular flexibility index (Phi) is 6.59. The number of para-hydroxylation sites is 2. The van der Waals surface area contributed by atoms with Crippen LogP contribution in [-0.2, 0) is 14.8 Å². The summed E-state index contributed by atoms with van der Waals surface area (Å²) in [7, 11) is -3.73. The fraction of sp³-hybridized carbons (Fsp3) is 0.500. The van der Waals surface area contributed by atoms with Crippen molar-refractivity contribution in [3.8, 4) is 5.75 Å². The molecule has 1 amide bonds. The Balaban J connectivity index is 1.72. The molecule has 0 saturated carbocycles. The third-order valence-corrected chi connectivity index (χ3v) is 6.73. The lowest BCUT2D eigenvalue weighted by atomic mass is 9.98. The van der Waals surface area contributed by atoms with Crippen LogP contribution in [0.3, 0.4) is 0 Å². The second kappa shape index (κ2) is 8.96. The standard InChI is InChI=1S/C20H28N4O4S/c1-4-28-18-10-6-5-9-17(18)22-20(25)16-8-7-11-24(12-16)29(26,27)19-13-23(14-21-19)15(2)3/h5-6,9-10,13-16H,4,7-8,11-12H2,1-3H3,(H,22,25). The highest BCUT2D eigenvalue weighted by Gasteiger charge is 2.34. The SMILES string of the molecule is CCOc1ccccc1NC(=O)C1CCCN(S(=O)(=O)c2cn(C(C)C)cn2)C1. The first-order chi connectivity index (χ1) is 13.8. The minimum Gasteiger partial charge on any atom is -0.492 e. The fourth-order valence-corrected chi connectivity index (χ4v) is 4.77. The van der Waals surface area contributed by atoms with Crippen molar-refractivity contribution in [3.05, 3.63) is 36.8 Å². The maximum absolute atomic E-state index is 13.0. The molecule has 3 rings (SSSR count). The highest BCUT2D eigenvalue weighted by atomic mass is 32.2. The van der Waals surface area contributed by atoms with Gasteiger partial charge in [0.1, 0.15) is 5.75 Å². The number of benzene rings is 1. The van der Waals surface area contributed by atoms with E-state index in [1.54, 1.807) is 22.9 Å². The first-order valence-corrected chi connectivity index (χ1v) is 11.3.